The Hall–Kier alpha value is -2.82. The quantitative estimate of drug-likeness (QED) is 0.492. The number of carbonyl (C=O) groups excluding carboxylic acids is 1. The van der Waals surface area contributed by atoms with Crippen molar-refractivity contribution in [2.75, 3.05) is 18.4 Å². The van der Waals surface area contributed by atoms with Gasteiger partial charge in [-0.1, -0.05) is 19.9 Å². The van der Waals surface area contributed by atoms with Crippen LogP contribution in [0.15, 0.2) is 52.7 Å². The standard InChI is InChI=1S/C22H24FN3O4S2/c1-4-26(5-2)32(28,29)18-11-6-15(3)19(12-18)25-22(27)20-14-31-21(24-20)13-30-17-9-7-16(23)8-10-17/h6-12,14H,4-5,13H2,1-3H3,(H,25,27). The molecule has 1 heterocycles. The highest BCUT2D eigenvalue weighted by atomic mass is 32.2. The second kappa shape index (κ2) is 10.2. The summed E-state index contributed by atoms with van der Waals surface area (Å²) in [5.74, 6) is -0.306. The van der Waals surface area contributed by atoms with Gasteiger partial charge in [-0.05, 0) is 48.9 Å². The van der Waals surface area contributed by atoms with E-state index in [9.17, 15) is 17.6 Å². The number of thiazole rings is 1. The van der Waals surface area contributed by atoms with Crippen LogP contribution in [0.25, 0.3) is 0 Å². The fourth-order valence-electron chi connectivity index (χ4n) is 2.95. The predicted molar refractivity (Wildman–Crippen MR) is 122 cm³/mol. The zero-order valence-corrected chi connectivity index (χ0v) is 19.6. The monoisotopic (exact) mass is 477 g/mol. The number of carbonyl (C=O) groups is 1. The number of anilines is 1. The van der Waals surface area contributed by atoms with E-state index in [2.05, 4.69) is 10.3 Å². The van der Waals surface area contributed by atoms with Gasteiger partial charge in [0.25, 0.3) is 5.91 Å². The molecule has 7 nitrogen and oxygen atoms in total. The Morgan fingerprint density at radius 2 is 1.84 bits per heavy atom. The normalized spacial score (nSPS) is 11.5. The molecule has 0 saturated heterocycles. The van der Waals surface area contributed by atoms with Crippen molar-refractivity contribution in [3.8, 4) is 5.75 Å². The Kier molecular flexibility index (Phi) is 7.60. The molecule has 1 amide bonds. The summed E-state index contributed by atoms with van der Waals surface area (Å²) < 4.78 is 45.5. The molecule has 1 aromatic heterocycles. The van der Waals surface area contributed by atoms with E-state index in [0.717, 1.165) is 5.56 Å². The number of hydrogen-bond donors (Lipinski definition) is 1. The Labute approximate surface area is 190 Å². The van der Waals surface area contributed by atoms with Crippen molar-refractivity contribution in [2.45, 2.75) is 32.3 Å². The molecule has 0 saturated carbocycles. The highest BCUT2D eigenvalue weighted by molar-refractivity contribution is 7.89. The van der Waals surface area contributed by atoms with Gasteiger partial charge < -0.3 is 10.1 Å². The maximum Gasteiger partial charge on any atom is 0.275 e. The minimum Gasteiger partial charge on any atom is -0.486 e. The van der Waals surface area contributed by atoms with Crippen molar-refractivity contribution < 1.29 is 22.3 Å². The molecule has 3 rings (SSSR count). The number of nitrogens with zero attached hydrogens (tertiary/aromatic N) is 2. The fourth-order valence-corrected chi connectivity index (χ4v) is 5.12. The molecule has 0 bridgehead atoms. The molecule has 10 heteroatoms. The summed E-state index contributed by atoms with van der Waals surface area (Å²) in [5, 5.41) is 4.93. The number of nitrogens with one attached hydrogen (secondary N) is 1. The van der Waals surface area contributed by atoms with Crippen LogP contribution in [0, 0.1) is 12.7 Å². The average molecular weight is 478 g/mol. The second-order valence-electron chi connectivity index (χ2n) is 6.89. The number of amides is 1. The molecular weight excluding hydrogens is 453 g/mol. The van der Waals surface area contributed by atoms with E-state index in [4.69, 9.17) is 4.74 Å². The topological polar surface area (TPSA) is 88.6 Å². The van der Waals surface area contributed by atoms with Crippen molar-refractivity contribution in [1.29, 1.82) is 0 Å². The van der Waals surface area contributed by atoms with E-state index in [0.29, 0.717) is 29.5 Å². The third-order valence-electron chi connectivity index (χ3n) is 4.76. The van der Waals surface area contributed by atoms with Gasteiger partial charge in [0.1, 0.15) is 28.9 Å². The molecule has 0 atom stereocenters. The van der Waals surface area contributed by atoms with Crippen LogP contribution in [0.2, 0.25) is 0 Å². The van der Waals surface area contributed by atoms with E-state index in [1.807, 2.05) is 0 Å². The van der Waals surface area contributed by atoms with Crippen LogP contribution in [-0.2, 0) is 16.6 Å². The van der Waals surface area contributed by atoms with E-state index >= 15 is 0 Å². The zero-order valence-electron chi connectivity index (χ0n) is 18.0. The first-order valence-electron chi connectivity index (χ1n) is 9.99. The first-order valence-corrected chi connectivity index (χ1v) is 12.3. The van der Waals surface area contributed by atoms with Gasteiger partial charge in [-0.3, -0.25) is 4.79 Å². The molecule has 0 fully saturated rings. The average Bonchev–Trinajstić information content (AvgIpc) is 3.24. The van der Waals surface area contributed by atoms with Crippen molar-refractivity contribution >= 4 is 33.0 Å². The van der Waals surface area contributed by atoms with Crippen LogP contribution in [0.1, 0.15) is 34.9 Å². The first kappa shape index (κ1) is 23.8. The van der Waals surface area contributed by atoms with Crippen LogP contribution < -0.4 is 10.1 Å². The van der Waals surface area contributed by atoms with Crippen molar-refractivity contribution in [2.24, 2.45) is 0 Å². The lowest BCUT2D eigenvalue weighted by Gasteiger charge is -2.19. The predicted octanol–water partition coefficient (Wildman–Crippen LogP) is 4.45. The summed E-state index contributed by atoms with van der Waals surface area (Å²) in [6.45, 7) is 6.19. The number of ether oxygens (including phenoxy) is 1. The minimum atomic E-state index is -3.64. The van der Waals surface area contributed by atoms with Crippen molar-refractivity contribution in [1.82, 2.24) is 9.29 Å². The molecule has 0 aliphatic carbocycles. The Morgan fingerprint density at radius 3 is 2.50 bits per heavy atom. The maximum atomic E-state index is 13.0. The molecule has 2 aromatic carbocycles. The van der Waals surface area contributed by atoms with Gasteiger partial charge in [-0.15, -0.1) is 11.3 Å². The molecule has 0 radical (unpaired) electrons. The van der Waals surface area contributed by atoms with E-state index < -0.39 is 15.9 Å². The Morgan fingerprint density at radius 1 is 1.16 bits per heavy atom. The number of hydrogen-bond acceptors (Lipinski definition) is 6. The molecular formula is C22H24FN3O4S2. The van der Waals surface area contributed by atoms with E-state index in [-0.39, 0.29) is 23.0 Å². The summed E-state index contributed by atoms with van der Waals surface area (Å²) in [7, 11) is -3.64. The lowest BCUT2D eigenvalue weighted by molar-refractivity contribution is 0.102. The molecule has 0 unspecified atom stereocenters. The molecule has 0 aliphatic rings. The molecule has 1 N–H and O–H groups in total. The lowest BCUT2D eigenvalue weighted by atomic mass is 10.2. The van der Waals surface area contributed by atoms with Gasteiger partial charge >= 0.3 is 0 Å². The fraction of sp³-hybridized carbons (Fsp3) is 0.273. The highest BCUT2D eigenvalue weighted by Gasteiger charge is 2.23. The van der Waals surface area contributed by atoms with Crippen LogP contribution in [0.4, 0.5) is 10.1 Å². The maximum absolute atomic E-state index is 13.0. The molecule has 0 spiro atoms. The smallest absolute Gasteiger partial charge is 0.275 e. The molecule has 170 valence electrons. The van der Waals surface area contributed by atoms with E-state index in [1.165, 1.54) is 52.0 Å². The van der Waals surface area contributed by atoms with Crippen LogP contribution in [-0.4, -0.2) is 36.7 Å². The number of sulfonamides is 1. The number of benzene rings is 2. The van der Waals surface area contributed by atoms with Crippen molar-refractivity contribution in [3.63, 3.8) is 0 Å². The van der Waals surface area contributed by atoms with Crippen LogP contribution >= 0.6 is 11.3 Å². The largest absolute Gasteiger partial charge is 0.486 e. The zero-order chi connectivity index (χ0) is 23.3. The van der Waals surface area contributed by atoms with Crippen molar-refractivity contribution in [3.05, 3.63) is 69.9 Å². The summed E-state index contributed by atoms with van der Waals surface area (Å²) in [5.41, 5.74) is 1.33. The summed E-state index contributed by atoms with van der Waals surface area (Å²) in [4.78, 5) is 17.1. The summed E-state index contributed by atoms with van der Waals surface area (Å²) >= 11 is 1.26. The molecule has 32 heavy (non-hydrogen) atoms. The number of aryl methyl sites for hydroxylation is 1. The molecule has 3 aromatic rings. The highest BCUT2D eigenvalue weighted by Crippen LogP contribution is 2.24. The van der Waals surface area contributed by atoms with Gasteiger partial charge in [0.2, 0.25) is 10.0 Å². The lowest BCUT2D eigenvalue weighted by Crippen LogP contribution is -2.30. The first-order chi connectivity index (χ1) is 15.2. The number of halogens is 1. The SMILES string of the molecule is CCN(CC)S(=O)(=O)c1ccc(C)c(NC(=O)c2csc(COc3ccc(F)cc3)n2)c1. The van der Waals surface area contributed by atoms with Gasteiger partial charge in [0.05, 0.1) is 4.90 Å². The van der Waals surface area contributed by atoms with E-state index in [1.54, 1.807) is 32.2 Å². The number of aromatic nitrogens is 1. The second-order valence-corrected chi connectivity index (χ2v) is 9.77. The Balaban J connectivity index is 1.71. The van der Waals surface area contributed by atoms with Gasteiger partial charge in [-0.25, -0.2) is 17.8 Å². The molecule has 0 aliphatic heterocycles. The summed E-state index contributed by atoms with van der Waals surface area (Å²) in [6.07, 6.45) is 0. The Bertz CT molecular complexity index is 1190. The summed E-state index contributed by atoms with van der Waals surface area (Å²) in [6, 6.07) is 10.3. The third kappa shape index (κ3) is 5.50. The third-order valence-corrected chi connectivity index (χ3v) is 7.63. The van der Waals surface area contributed by atoms with Gasteiger partial charge in [0, 0.05) is 24.2 Å². The van der Waals surface area contributed by atoms with Gasteiger partial charge in [-0.2, -0.15) is 4.31 Å². The van der Waals surface area contributed by atoms with Crippen LogP contribution in [0.3, 0.4) is 0 Å². The van der Waals surface area contributed by atoms with Gasteiger partial charge in [0.15, 0.2) is 0 Å². The number of rotatable bonds is 9. The van der Waals surface area contributed by atoms with Crippen LogP contribution in [0.5, 0.6) is 5.75 Å². The minimum absolute atomic E-state index is 0.119.